The van der Waals surface area contributed by atoms with E-state index in [4.69, 9.17) is 21.1 Å². The lowest BCUT2D eigenvalue weighted by atomic mass is 9.98. The summed E-state index contributed by atoms with van der Waals surface area (Å²) in [6.45, 7) is 1.43. The van der Waals surface area contributed by atoms with Gasteiger partial charge in [-0.05, 0) is 37.1 Å². The van der Waals surface area contributed by atoms with Crippen molar-refractivity contribution in [3.8, 4) is 5.75 Å². The Kier molecular flexibility index (Phi) is 6.07. The number of hydrogen-bond acceptors (Lipinski definition) is 4. The van der Waals surface area contributed by atoms with Gasteiger partial charge in [-0.3, -0.25) is 9.59 Å². The Morgan fingerprint density at radius 3 is 2.73 bits per heavy atom. The molecule has 1 atom stereocenters. The molecule has 0 bridgehead atoms. The number of halogens is 1. The molecule has 1 aliphatic rings. The van der Waals surface area contributed by atoms with E-state index in [2.05, 4.69) is 0 Å². The molecule has 0 aliphatic carbocycles. The lowest BCUT2D eigenvalue weighted by Gasteiger charge is -2.31. The second-order valence-electron chi connectivity index (χ2n) is 5.25. The van der Waals surface area contributed by atoms with Gasteiger partial charge in [-0.25, -0.2) is 0 Å². The van der Waals surface area contributed by atoms with Crippen LogP contribution in [0.5, 0.6) is 5.75 Å². The van der Waals surface area contributed by atoms with Crippen LogP contribution in [-0.2, 0) is 14.3 Å². The van der Waals surface area contributed by atoms with Crippen LogP contribution in [-0.4, -0.2) is 43.6 Å². The molecule has 1 saturated heterocycles. The Hall–Kier alpha value is -1.75. The van der Waals surface area contributed by atoms with Gasteiger partial charge in [-0.2, -0.15) is 0 Å². The number of ether oxygens (including phenoxy) is 2. The zero-order valence-electron chi connectivity index (χ0n) is 12.6. The molecule has 0 spiro atoms. The van der Waals surface area contributed by atoms with Crippen molar-refractivity contribution in [3.63, 3.8) is 0 Å². The molecule has 0 aromatic heterocycles. The third-order valence-electron chi connectivity index (χ3n) is 3.71. The first-order chi connectivity index (χ1) is 10.6. The van der Waals surface area contributed by atoms with Gasteiger partial charge in [0.2, 0.25) is 5.91 Å². The molecule has 6 heteroatoms. The Morgan fingerprint density at radius 2 is 2.05 bits per heavy atom. The summed E-state index contributed by atoms with van der Waals surface area (Å²) in [5.74, 6) is 0.237. The summed E-state index contributed by atoms with van der Waals surface area (Å²) in [4.78, 5) is 25.5. The average molecular weight is 326 g/mol. The van der Waals surface area contributed by atoms with Gasteiger partial charge in [0, 0.05) is 18.1 Å². The van der Waals surface area contributed by atoms with Gasteiger partial charge >= 0.3 is 5.97 Å². The second kappa shape index (κ2) is 8.03. The molecule has 5 nitrogen and oxygen atoms in total. The number of rotatable bonds is 5. The molecule has 0 N–H and O–H groups in total. The fraction of sp³-hybridized carbons (Fsp3) is 0.500. The minimum Gasteiger partial charge on any atom is -0.493 e. The quantitative estimate of drug-likeness (QED) is 0.781. The summed E-state index contributed by atoms with van der Waals surface area (Å²) in [5.41, 5.74) is 0. The number of carbonyl (C=O) groups is 2. The van der Waals surface area contributed by atoms with E-state index in [0.29, 0.717) is 30.5 Å². The minimum atomic E-state index is -0.241. The molecule has 1 amide bonds. The summed E-state index contributed by atoms with van der Waals surface area (Å²) < 4.78 is 10.3. The standard InChI is InChI=1S/C16H20ClNO4/c1-21-16(20)12-3-2-9-18(11-12)15(19)8-10-22-14-6-4-13(17)5-7-14/h4-7,12H,2-3,8-11H2,1H3. The van der Waals surface area contributed by atoms with E-state index in [1.165, 1.54) is 7.11 Å². The zero-order valence-corrected chi connectivity index (χ0v) is 13.3. The third-order valence-corrected chi connectivity index (χ3v) is 3.96. The number of hydrogen-bond donors (Lipinski definition) is 0. The minimum absolute atomic E-state index is 0.00238. The SMILES string of the molecule is COC(=O)C1CCCN(C(=O)CCOc2ccc(Cl)cc2)C1. The normalized spacial score (nSPS) is 17.9. The van der Waals surface area contributed by atoms with Crippen molar-refractivity contribution in [1.82, 2.24) is 4.90 Å². The van der Waals surface area contributed by atoms with Gasteiger partial charge < -0.3 is 14.4 Å². The Balaban J connectivity index is 1.77. The molecule has 1 fully saturated rings. The number of nitrogens with zero attached hydrogens (tertiary/aromatic N) is 1. The molecular weight excluding hydrogens is 306 g/mol. The van der Waals surface area contributed by atoms with Crippen molar-refractivity contribution in [2.75, 3.05) is 26.8 Å². The monoisotopic (exact) mass is 325 g/mol. The highest BCUT2D eigenvalue weighted by molar-refractivity contribution is 6.30. The maximum atomic E-state index is 12.2. The largest absolute Gasteiger partial charge is 0.493 e. The van der Waals surface area contributed by atoms with E-state index in [0.717, 1.165) is 12.8 Å². The molecule has 2 rings (SSSR count). The van der Waals surface area contributed by atoms with Gasteiger partial charge in [-0.15, -0.1) is 0 Å². The van der Waals surface area contributed by atoms with E-state index in [-0.39, 0.29) is 24.2 Å². The highest BCUT2D eigenvalue weighted by Crippen LogP contribution is 2.19. The first kappa shape index (κ1) is 16.6. The predicted molar refractivity (Wildman–Crippen MR) is 82.9 cm³/mol. The number of piperidine rings is 1. The molecule has 0 saturated carbocycles. The fourth-order valence-electron chi connectivity index (χ4n) is 2.51. The van der Waals surface area contributed by atoms with Crippen LogP contribution >= 0.6 is 11.6 Å². The smallest absolute Gasteiger partial charge is 0.310 e. The number of esters is 1. The number of carbonyl (C=O) groups excluding carboxylic acids is 2. The fourth-order valence-corrected chi connectivity index (χ4v) is 2.63. The Labute approximate surface area is 135 Å². The van der Waals surface area contributed by atoms with E-state index in [1.807, 2.05) is 0 Å². The molecule has 1 heterocycles. The van der Waals surface area contributed by atoms with Gasteiger partial charge in [-0.1, -0.05) is 11.6 Å². The van der Waals surface area contributed by atoms with E-state index < -0.39 is 0 Å². The van der Waals surface area contributed by atoms with Crippen molar-refractivity contribution in [2.45, 2.75) is 19.3 Å². The summed E-state index contributed by atoms with van der Waals surface area (Å²) in [5, 5.41) is 0.644. The predicted octanol–water partition coefficient (Wildman–Crippen LogP) is 2.52. The van der Waals surface area contributed by atoms with Gasteiger partial charge in [0.1, 0.15) is 5.75 Å². The van der Waals surface area contributed by atoms with Gasteiger partial charge in [0.15, 0.2) is 0 Å². The van der Waals surface area contributed by atoms with E-state index in [1.54, 1.807) is 29.2 Å². The van der Waals surface area contributed by atoms with E-state index in [9.17, 15) is 9.59 Å². The highest BCUT2D eigenvalue weighted by Gasteiger charge is 2.28. The lowest BCUT2D eigenvalue weighted by molar-refractivity contribution is -0.149. The topological polar surface area (TPSA) is 55.8 Å². The summed E-state index contributed by atoms with van der Waals surface area (Å²) in [6.07, 6.45) is 1.89. The van der Waals surface area contributed by atoms with Crippen molar-refractivity contribution in [1.29, 1.82) is 0 Å². The summed E-state index contributed by atoms with van der Waals surface area (Å²) >= 11 is 5.79. The van der Waals surface area contributed by atoms with Crippen molar-refractivity contribution in [2.24, 2.45) is 5.92 Å². The highest BCUT2D eigenvalue weighted by atomic mass is 35.5. The van der Waals surface area contributed by atoms with Crippen molar-refractivity contribution >= 4 is 23.5 Å². The number of benzene rings is 1. The van der Waals surface area contributed by atoms with Crippen LogP contribution in [0.25, 0.3) is 0 Å². The number of likely N-dealkylation sites (tertiary alicyclic amines) is 1. The van der Waals surface area contributed by atoms with Crippen LogP contribution in [0.3, 0.4) is 0 Å². The van der Waals surface area contributed by atoms with Crippen LogP contribution in [0.1, 0.15) is 19.3 Å². The molecule has 120 valence electrons. The van der Waals surface area contributed by atoms with Crippen LogP contribution in [0.15, 0.2) is 24.3 Å². The molecular formula is C16H20ClNO4. The first-order valence-electron chi connectivity index (χ1n) is 7.34. The summed E-state index contributed by atoms with van der Waals surface area (Å²) in [7, 11) is 1.38. The molecule has 1 aromatic rings. The Bertz CT molecular complexity index is 517. The van der Waals surface area contributed by atoms with E-state index >= 15 is 0 Å². The van der Waals surface area contributed by atoms with Gasteiger partial charge in [0.25, 0.3) is 0 Å². The van der Waals surface area contributed by atoms with Crippen LogP contribution in [0.4, 0.5) is 0 Å². The van der Waals surface area contributed by atoms with Crippen LogP contribution in [0, 0.1) is 5.92 Å². The zero-order chi connectivity index (χ0) is 15.9. The maximum absolute atomic E-state index is 12.2. The first-order valence-corrected chi connectivity index (χ1v) is 7.72. The lowest BCUT2D eigenvalue weighted by Crippen LogP contribution is -2.43. The molecule has 0 radical (unpaired) electrons. The van der Waals surface area contributed by atoms with Crippen molar-refractivity contribution < 1.29 is 19.1 Å². The van der Waals surface area contributed by atoms with Crippen LogP contribution < -0.4 is 4.74 Å². The Morgan fingerprint density at radius 1 is 1.32 bits per heavy atom. The second-order valence-corrected chi connectivity index (χ2v) is 5.69. The molecule has 1 unspecified atom stereocenters. The van der Waals surface area contributed by atoms with Gasteiger partial charge in [0.05, 0.1) is 26.1 Å². The number of methoxy groups -OCH3 is 1. The molecule has 22 heavy (non-hydrogen) atoms. The van der Waals surface area contributed by atoms with Crippen molar-refractivity contribution in [3.05, 3.63) is 29.3 Å². The third kappa shape index (κ3) is 4.63. The average Bonchev–Trinajstić information content (AvgIpc) is 2.56. The van der Waals surface area contributed by atoms with Crippen LogP contribution in [0.2, 0.25) is 5.02 Å². The maximum Gasteiger partial charge on any atom is 0.310 e. The number of amides is 1. The molecule has 1 aromatic carbocycles. The molecule has 1 aliphatic heterocycles. The summed E-state index contributed by atoms with van der Waals surface area (Å²) in [6, 6.07) is 7.01.